The minimum absolute atomic E-state index is 0.0539. The lowest BCUT2D eigenvalue weighted by atomic mass is 10.2. The zero-order chi connectivity index (χ0) is 51.7. The van der Waals surface area contributed by atoms with Crippen molar-refractivity contribution in [2.75, 3.05) is 28.3 Å². The first kappa shape index (κ1) is 56.9. The van der Waals surface area contributed by atoms with Crippen molar-refractivity contribution in [1.29, 1.82) is 0 Å². The molecule has 0 unspecified atom stereocenters. The van der Waals surface area contributed by atoms with Gasteiger partial charge < -0.3 is 15.2 Å². The van der Waals surface area contributed by atoms with Gasteiger partial charge in [0.2, 0.25) is 46.5 Å². The van der Waals surface area contributed by atoms with Crippen LogP contribution < -0.4 is 49.5 Å². The topological polar surface area (TPSA) is 217 Å². The molecule has 0 spiro atoms. The fourth-order valence-electron chi connectivity index (χ4n) is 8.05. The van der Waals surface area contributed by atoms with E-state index in [4.69, 9.17) is 20.2 Å². The van der Waals surface area contributed by atoms with Crippen LogP contribution in [0.25, 0.3) is 0 Å². The average molecular weight is 1070 g/mol. The van der Waals surface area contributed by atoms with E-state index in [2.05, 4.69) is 19.2 Å². The van der Waals surface area contributed by atoms with E-state index in [0.717, 1.165) is 32.9 Å². The van der Waals surface area contributed by atoms with Gasteiger partial charge in [-0.1, -0.05) is 163 Å². The molecule has 0 saturated carbocycles. The van der Waals surface area contributed by atoms with Crippen molar-refractivity contribution in [1.82, 2.24) is 13.5 Å². The normalized spacial score (nSPS) is 12.7. The molecule has 6 aromatic carbocycles. The first-order chi connectivity index (χ1) is 32.2. The molecule has 0 amide bonds. The van der Waals surface area contributed by atoms with Crippen molar-refractivity contribution >= 4 is 87.0 Å². The highest BCUT2D eigenvalue weighted by Gasteiger charge is 2.53. The van der Waals surface area contributed by atoms with Crippen LogP contribution in [0.2, 0.25) is 10.1 Å². The Morgan fingerprint density at radius 3 is 0.971 bits per heavy atom. The molecule has 0 bridgehead atoms. The van der Waals surface area contributed by atoms with Gasteiger partial charge in [0.1, 0.15) is 21.3 Å². The first-order valence-corrected chi connectivity index (χ1v) is 32.1. The lowest BCUT2D eigenvalue weighted by Crippen LogP contribution is -2.74. The molecular weight excluding hydrogens is 1010 g/mol. The zero-order valence-electron chi connectivity index (χ0n) is 40.2. The van der Waals surface area contributed by atoms with Crippen molar-refractivity contribution in [3.63, 3.8) is 0 Å². The zero-order valence-corrected chi connectivity index (χ0v) is 46.2. The van der Waals surface area contributed by atoms with Crippen LogP contribution >= 0.6 is 10.7 Å². The summed E-state index contributed by atoms with van der Waals surface area (Å²) in [5.74, 6) is -0.163. The largest absolute Gasteiger partial charge is 0.495 e. The first-order valence-electron chi connectivity index (χ1n) is 21.3. The number of rotatable bonds is 15. The molecule has 21 heteroatoms. The second-order valence-electron chi connectivity index (χ2n) is 17.4. The van der Waals surface area contributed by atoms with Crippen molar-refractivity contribution in [2.45, 2.75) is 71.2 Å². The van der Waals surface area contributed by atoms with Crippen LogP contribution in [0, 0.1) is 0 Å². The Balaban J connectivity index is 0.000000290. The number of hydrogen-bond acceptors (Lipinski definition) is 11. The predicted molar refractivity (Wildman–Crippen MR) is 281 cm³/mol. The molecule has 0 aliphatic heterocycles. The van der Waals surface area contributed by atoms with E-state index in [1.165, 1.54) is 52.6 Å². The van der Waals surface area contributed by atoms with Crippen molar-refractivity contribution in [3.8, 4) is 11.5 Å². The van der Waals surface area contributed by atoms with Crippen molar-refractivity contribution in [2.24, 2.45) is 5.73 Å². The van der Waals surface area contributed by atoms with E-state index >= 15 is 0 Å². The maximum absolute atomic E-state index is 13.9. The van der Waals surface area contributed by atoms with E-state index in [1.54, 1.807) is 0 Å². The number of ether oxygens (including phenoxy) is 2. The van der Waals surface area contributed by atoms with E-state index in [9.17, 15) is 33.7 Å². The Kier molecular flexibility index (Phi) is 18.6. The van der Waals surface area contributed by atoms with Gasteiger partial charge >= 0.3 is 0 Å². The van der Waals surface area contributed by atoms with Gasteiger partial charge in [-0.15, -0.1) is 0 Å². The molecule has 0 fully saturated rings. The summed E-state index contributed by atoms with van der Waals surface area (Å²) in [6.45, 7) is 12.1. The van der Waals surface area contributed by atoms with Crippen LogP contribution in [-0.2, 0) is 39.1 Å². The summed E-state index contributed by atoms with van der Waals surface area (Å²) in [7, 11) is -11.7. The Bertz CT molecular complexity index is 3050. The van der Waals surface area contributed by atoms with E-state index in [-0.39, 0.29) is 31.1 Å². The number of halogens is 1. The van der Waals surface area contributed by atoms with Crippen LogP contribution in [0.15, 0.2) is 177 Å². The van der Waals surface area contributed by atoms with Gasteiger partial charge in [0.05, 0.1) is 24.0 Å². The molecule has 6 aromatic rings. The molecule has 14 nitrogen and oxygen atoms in total. The van der Waals surface area contributed by atoms with Gasteiger partial charge in [-0.3, -0.25) is 0 Å². The molecule has 6 rings (SSSR count). The monoisotopic (exact) mass is 1070 g/mol. The highest BCUT2D eigenvalue weighted by molar-refractivity contribution is 8.13. The third-order valence-electron chi connectivity index (χ3n) is 11.4. The predicted octanol–water partition coefficient (Wildman–Crippen LogP) is 5.48. The van der Waals surface area contributed by atoms with Gasteiger partial charge in [0.15, 0.2) is 0 Å². The fourth-order valence-corrected chi connectivity index (χ4v) is 26.2. The molecule has 0 aliphatic rings. The van der Waals surface area contributed by atoms with Gasteiger partial charge in [-0.25, -0.2) is 47.2 Å². The molecule has 0 aromatic heterocycles. The van der Waals surface area contributed by atoms with E-state index in [1.807, 2.05) is 163 Å². The summed E-state index contributed by atoms with van der Waals surface area (Å²) in [4.78, 5) is -0.623. The molecule has 69 heavy (non-hydrogen) atoms. The second-order valence-corrected chi connectivity index (χ2v) is 34.7. The van der Waals surface area contributed by atoms with E-state index in [0.29, 0.717) is 0 Å². The maximum atomic E-state index is 13.9. The molecule has 0 radical (unpaired) electrons. The van der Waals surface area contributed by atoms with Crippen LogP contribution in [0.1, 0.15) is 41.5 Å². The average Bonchev–Trinajstić information content (AvgIpc) is 3.33. The fraction of sp³-hybridized carbons (Fsp3) is 0.250. The lowest BCUT2D eigenvalue weighted by molar-refractivity contribution is 0.401. The smallest absolute Gasteiger partial charge is 0.261 e. The summed E-state index contributed by atoms with van der Waals surface area (Å²) in [6.07, 6.45) is 0. The van der Waals surface area contributed by atoms with E-state index < -0.39 is 65.7 Å². The third kappa shape index (κ3) is 12.4. The Labute approximate surface area is 415 Å². The highest BCUT2D eigenvalue weighted by atomic mass is 35.7. The number of nitrogens with two attached hydrogens (primary N) is 1. The summed E-state index contributed by atoms with van der Waals surface area (Å²) in [6, 6.07) is 45.5. The Morgan fingerprint density at radius 2 is 0.725 bits per heavy atom. The molecule has 372 valence electrons. The molecule has 0 atom stereocenters. The summed E-state index contributed by atoms with van der Waals surface area (Å²) < 4.78 is 122. The van der Waals surface area contributed by atoms with Gasteiger partial charge in [-0.2, -0.15) is 0 Å². The number of benzene rings is 6. The number of nitrogens with one attached hydrogen (secondary N) is 3. The van der Waals surface area contributed by atoms with Crippen molar-refractivity contribution < 1.29 is 43.1 Å². The number of sulfonamides is 3. The molecular formula is C48H61ClN4O10S4Si2. The van der Waals surface area contributed by atoms with Crippen molar-refractivity contribution in [3.05, 3.63) is 158 Å². The molecule has 5 N–H and O–H groups in total. The minimum Gasteiger partial charge on any atom is -0.495 e. The van der Waals surface area contributed by atoms with Crippen LogP contribution in [0.4, 0.5) is 0 Å². The van der Waals surface area contributed by atoms with Crippen LogP contribution in [0.3, 0.4) is 0 Å². The van der Waals surface area contributed by atoms with Gasteiger partial charge in [0, 0.05) is 22.8 Å². The highest BCUT2D eigenvalue weighted by Crippen LogP contribution is 2.38. The SMILES string of the molecule is CN.CNS(=O)(=O)c1ccc(S(=O)(=O)N[Si](c2ccccc2)(c2ccccc2)C(C)(C)C)c(OC)c1.COc1cc(S(=O)(=O)Cl)ccc1S(=O)(=O)N[Si](c1ccccc1)(c1ccccc1)C(C)(C)C. The third-order valence-corrected chi connectivity index (χ3v) is 29.9. The molecule has 0 aliphatic carbocycles. The Hall–Kier alpha value is -4.72. The van der Waals surface area contributed by atoms with Crippen LogP contribution in [-0.4, -0.2) is 78.5 Å². The summed E-state index contributed by atoms with van der Waals surface area (Å²) in [5.41, 5.74) is 4.50. The van der Waals surface area contributed by atoms with Crippen LogP contribution in [0.5, 0.6) is 11.5 Å². The summed E-state index contributed by atoms with van der Waals surface area (Å²) in [5, 5.41) is 2.66. The number of methoxy groups -OCH3 is 2. The Morgan fingerprint density at radius 1 is 0.449 bits per heavy atom. The lowest BCUT2D eigenvalue weighted by Gasteiger charge is -2.43. The quantitative estimate of drug-likeness (QED) is 0.0747. The molecule has 0 saturated heterocycles. The standard InChI is InChI=1S/C24H30N2O5S2Si.C23H26ClNO5S2Si.CH5N/c1-24(2,3)34(20-12-8-6-9-13-20,21-14-10-7-11-15-21)26-33(29,30)23-17-16-19(18-22(23)31-5)32(27,28)25-4;1-23(2,3)33(19-11-7-5-8-12-19,20-13-9-6-10-14-20)25-32(28,29)22-16-15-18(31(24,26)27)17-21(22)30-4;1-2/h6-18,25-26H,1-5H3;5-17,25H,1-4H3;2H2,1H3. The number of hydrogen-bond donors (Lipinski definition) is 4. The summed E-state index contributed by atoms with van der Waals surface area (Å²) >= 11 is 0. The van der Waals surface area contributed by atoms with Gasteiger partial charge in [-0.05, 0) is 69.2 Å². The molecule has 0 heterocycles. The van der Waals surface area contributed by atoms with Gasteiger partial charge in [0.25, 0.3) is 9.05 Å². The minimum atomic E-state index is -4.15. The maximum Gasteiger partial charge on any atom is 0.261 e. The second kappa shape index (κ2) is 22.6.